The van der Waals surface area contributed by atoms with Gasteiger partial charge in [0.2, 0.25) is 5.95 Å². The van der Waals surface area contributed by atoms with Crippen LogP contribution in [-0.2, 0) is 0 Å². The largest absolute Gasteiger partial charge is 0.497 e. The minimum Gasteiger partial charge on any atom is -0.497 e. The van der Waals surface area contributed by atoms with E-state index in [9.17, 15) is 0 Å². The lowest BCUT2D eigenvalue weighted by molar-refractivity contribution is 0.415. The average molecular weight is 399 g/mol. The van der Waals surface area contributed by atoms with Crippen molar-refractivity contribution in [2.24, 2.45) is 0 Å². The molecule has 2 N–H and O–H groups in total. The number of halogens is 1. The summed E-state index contributed by atoms with van der Waals surface area (Å²) in [4.78, 5) is 9.00. The van der Waals surface area contributed by atoms with Crippen LogP contribution in [0.5, 0.6) is 5.75 Å². The van der Waals surface area contributed by atoms with Crippen molar-refractivity contribution < 1.29 is 4.74 Å². The van der Waals surface area contributed by atoms with E-state index < -0.39 is 0 Å². The second-order valence-corrected chi connectivity index (χ2v) is 6.51. The highest BCUT2D eigenvalue weighted by Crippen LogP contribution is 2.24. The lowest BCUT2D eigenvalue weighted by Crippen LogP contribution is -2.02. The van der Waals surface area contributed by atoms with Crippen molar-refractivity contribution in [2.75, 3.05) is 17.7 Å². The van der Waals surface area contributed by atoms with Gasteiger partial charge in [-0.05, 0) is 61.9 Å². The second kappa shape index (κ2) is 7.53. The minimum absolute atomic E-state index is 0.553. The van der Waals surface area contributed by atoms with E-state index in [4.69, 9.17) is 4.74 Å². The molecule has 2 aromatic carbocycles. The zero-order valence-electron chi connectivity index (χ0n) is 14.3. The highest BCUT2D eigenvalue weighted by Gasteiger charge is 2.05. The molecule has 0 spiro atoms. The van der Waals surface area contributed by atoms with E-state index in [1.54, 1.807) is 7.11 Å². The molecule has 1 heterocycles. The van der Waals surface area contributed by atoms with Crippen molar-refractivity contribution in [3.63, 3.8) is 0 Å². The predicted octanol–water partition coefficient (Wildman–Crippen LogP) is 5.35. The zero-order valence-corrected chi connectivity index (χ0v) is 15.9. The van der Waals surface area contributed by atoms with Gasteiger partial charge < -0.3 is 15.4 Å². The molecular formula is C19H19BrN4O. The molecule has 0 aliphatic carbocycles. The maximum absolute atomic E-state index is 5.18. The van der Waals surface area contributed by atoms with E-state index in [1.165, 1.54) is 0 Å². The lowest BCUT2D eigenvalue weighted by Gasteiger charge is -2.11. The number of ether oxygens (including phenoxy) is 1. The fraction of sp³-hybridized carbons (Fsp3) is 0.158. The van der Waals surface area contributed by atoms with Gasteiger partial charge in [0.25, 0.3) is 0 Å². The molecule has 3 rings (SSSR count). The number of methoxy groups -OCH3 is 1. The van der Waals surface area contributed by atoms with Gasteiger partial charge in [-0.3, -0.25) is 0 Å². The summed E-state index contributed by atoms with van der Waals surface area (Å²) in [5.74, 6) is 2.10. The van der Waals surface area contributed by atoms with Gasteiger partial charge in [0.05, 0.1) is 7.11 Å². The number of nitrogens with one attached hydrogen (secondary N) is 2. The molecule has 6 heteroatoms. The second-order valence-electron chi connectivity index (χ2n) is 5.66. The molecule has 0 bridgehead atoms. The van der Waals surface area contributed by atoms with E-state index >= 15 is 0 Å². The first-order valence-corrected chi connectivity index (χ1v) is 8.63. The van der Waals surface area contributed by atoms with E-state index in [1.807, 2.05) is 62.4 Å². The molecule has 0 aliphatic heterocycles. The first kappa shape index (κ1) is 17.2. The Morgan fingerprint density at radius 1 is 0.880 bits per heavy atom. The van der Waals surface area contributed by atoms with Crippen LogP contribution >= 0.6 is 15.9 Å². The van der Waals surface area contributed by atoms with Crippen molar-refractivity contribution in [3.05, 3.63) is 64.3 Å². The number of hydrogen-bond donors (Lipinski definition) is 2. The maximum atomic E-state index is 5.18. The molecule has 0 amide bonds. The van der Waals surface area contributed by atoms with Crippen LogP contribution in [0.1, 0.15) is 11.3 Å². The van der Waals surface area contributed by atoms with Gasteiger partial charge in [-0.25, -0.2) is 4.98 Å². The van der Waals surface area contributed by atoms with Crippen LogP contribution < -0.4 is 15.4 Å². The Labute approximate surface area is 155 Å². The quantitative estimate of drug-likeness (QED) is 0.606. The highest BCUT2D eigenvalue weighted by molar-refractivity contribution is 9.10. The Bertz CT molecular complexity index is 881. The Morgan fingerprint density at radius 2 is 1.60 bits per heavy atom. The zero-order chi connectivity index (χ0) is 17.8. The van der Waals surface area contributed by atoms with Crippen LogP contribution in [0.25, 0.3) is 0 Å². The summed E-state index contributed by atoms with van der Waals surface area (Å²) < 4.78 is 6.25. The Kier molecular flexibility index (Phi) is 5.19. The monoisotopic (exact) mass is 398 g/mol. The van der Waals surface area contributed by atoms with E-state index in [-0.39, 0.29) is 0 Å². The number of nitrogens with zero attached hydrogens (tertiary/aromatic N) is 2. The summed E-state index contributed by atoms with van der Waals surface area (Å²) in [6.07, 6.45) is 0. The number of benzene rings is 2. The minimum atomic E-state index is 0.553. The van der Waals surface area contributed by atoms with Crippen LogP contribution in [0.2, 0.25) is 0 Å². The van der Waals surface area contributed by atoms with Gasteiger partial charge in [0.15, 0.2) is 0 Å². The highest BCUT2D eigenvalue weighted by atomic mass is 79.9. The van der Waals surface area contributed by atoms with Gasteiger partial charge in [-0.15, -0.1) is 0 Å². The molecule has 0 saturated carbocycles. The van der Waals surface area contributed by atoms with Crippen molar-refractivity contribution in [3.8, 4) is 5.75 Å². The first-order valence-electron chi connectivity index (χ1n) is 7.83. The molecule has 0 radical (unpaired) electrons. The predicted molar refractivity (Wildman–Crippen MR) is 105 cm³/mol. The van der Waals surface area contributed by atoms with Crippen molar-refractivity contribution in [1.82, 2.24) is 9.97 Å². The molecule has 0 atom stereocenters. The van der Waals surface area contributed by atoms with E-state index in [0.717, 1.165) is 38.7 Å². The summed E-state index contributed by atoms with van der Waals surface area (Å²) in [6.45, 7) is 3.99. The molecule has 3 aromatic rings. The smallest absolute Gasteiger partial charge is 0.229 e. The molecule has 25 heavy (non-hydrogen) atoms. The number of aryl methyl sites for hydroxylation is 2. The third kappa shape index (κ3) is 4.48. The topological polar surface area (TPSA) is 59.1 Å². The third-order valence-corrected chi connectivity index (χ3v) is 4.52. The van der Waals surface area contributed by atoms with E-state index in [0.29, 0.717) is 5.95 Å². The number of rotatable bonds is 5. The summed E-state index contributed by atoms with van der Waals surface area (Å²) in [5, 5.41) is 6.54. The average Bonchev–Trinajstić information content (AvgIpc) is 2.58. The third-order valence-electron chi connectivity index (χ3n) is 3.63. The number of anilines is 4. The Balaban J connectivity index is 1.80. The van der Waals surface area contributed by atoms with Gasteiger partial charge >= 0.3 is 0 Å². The van der Waals surface area contributed by atoms with Gasteiger partial charge in [-0.2, -0.15) is 4.98 Å². The van der Waals surface area contributed by atoms with Gasteiger partial charge in [0, 0.05) is 27.6 Å². The number of aromatic nitrogens is 2. The van der Waals surface area contributed by atoms with Crippen LogP contribution in [0.3, 0.4) is 0 Å². The van der Waals surface area contributed by atoms with Crippen molar-refractivity contribution in [1.29, 1.82) is 0 Å². The lowest BCUT2D eigenvalue weighted by atomic mass is 10.2. The fourth-order valence-corrected chi connectivity index (χ4v) is 2.61. The standard InChI is InChI=1S/C19H19BrN4O/c1-12-10-15(6-9-17(12)20)23-19-21-13(2)11-18(24-19)22-14-4-7-16(25-3)8-5-14/h4-11H,1-3H3,(H2,21,22,23,24). The molecule has 0 saturated heterocycles. The number of hydrogen-bond acceptors (Lipinski definition) is 5. The molecule has 0 fully saturated rings. The fourth-order valence-electron chi connectivity index (χ4n) is 2.36. The Morgan fingerprint density at radius 3 is 2.28 bits per heavy atom. The van der Waals surface area contributed by atoms with Crippen LogP contribution in [0, 0.1) is 13.8 Å². The normalized spacial score (nSPS) is 10.4. The summed E-state index contributed by atoms with van der Waals surface area (Å²) >= 11 is 3.51. The molecule has 0 unspecified atom stereocenters. The van der Waals surface area contributed by atoms with Crippen LogP contribution in [-0.4, -0.2) is 17.1 Å². The van der Waals surface area contributed by atoms with Crippen molar-refractivity contribution >= 4 is 39.1 Å². The molecule has 1 aromatic heterocycles. The first-order chi connectivity index (χ1) is 12.0. The summed E-state index contributed by atoms with van der Waals surface area (Å²) in [5.41, 5.74) is 3.91. The molecule has 0 aliphatic rings. The molecule has 5 nitrogen and oxygen atoms in total. The van der Waals surface area contributed by atoms with E-state index in [2.05, 4.69) is 36.5 Å². The van der Waals surface area contributed by atoms with Gasteiger partial charge in [0.1, 0.15) is 11.6 Å². The summed E-state index contributed by atoms with van der Waals surface area (Å²) in [7, 11) is 1.65. The molecule has 128 valence electrons. The van der Waals surface area contributed by atoms with Crippen LogP contribution in [0.15, 0.2) is 53.0 Å². The van der Waals surface area contributed by atoms with Crippen LogP contribution in [0.4, 0.5) is 23.1 Å². The SMILES string of the molecule is COc1ccc(Nc2cc(C)nc(Nc3ccc(Br)c(C)c3)n2)cc1. The van der Waals surface area contributed by atoms with Crippen molar-refractivity contribution in [2.45, 2.75) is 13.8 Å². The maximum Gasteiger partial charge on any atom is 0.229 e. The summed E-state index contributed by atoms with van der Waals surface area (Å²) in [6, 6.07) is 15.6. The molecular weight excluding hydrogens is 380 g/mol. The Hall–Kier alpha value is -2.60. The van der Waals surface area contributed by atoms with Gasteiger partial charge in [-0.1, -0.05) is 15.9 Å².